The zero-order valence-corrected chi connectivity index (χ0v) is 22.0. The maximum atomic E-state index is 13.4. The highest BCUT2D eigenvalue weighted by Crippen LogP contribution is 2.37. The summed E-state index contributed by atoms with van der Waals surface area (Å²) in [6.07, 6.45) is -0.960. The summed E-state index contributed by atoms with van der Waals surface area (Å²) in [4.78, 5) is 48.9. The SMILES string of the molecule is COC(=O)N1CCN(C(=O)Oc2ccc(Cl)cc2-c2nc3ccc(Cl)cc3c(=O)[nH]2)[C@@H]2CSSC[C@H]21. The van der Waals surface area contributed by atoms with E-state index in [1.807, 2.05) is 0 Å². The van der Waals surface area contributed by atoms with E-state index in [-0.39, 0.29) is 29.2 Å². The van der Waals surface area contributed by atoms with Gasteiger partial charge in [0, 0.05) is 34.6 Å². The third kappa shape index (κ3) is 4.84. The number of aromatic amines is 1. The minimum Gasteiger partial charge on any atom is -0.453 e. The molecule has 0 radical (unpaired) electrons. The second kappa shape index (κ2) is 10.4. The number of methoxy groups -OCH3 is 1. The first-order valence-corrected chi connectivity index (χ1v) is 14.2. The van der Waals surface area contributed by atoms with E-state index in [4.69, 9.17) is 32.7 Å². The molecule has 1 aromatic heterocycles. The van der Waals surface area contributed by atoms with Crippen molar-refractivity contribution >= 4 is 67.9 Å². The third-order valence-corrected chi connectivity index (χ3v) is 9.00. The number of piperazine rings is 1. The van der Waals surface area contributed by atoms with Crippen molar-refractivity contribution in [3.63, 3.8) is 0 Å². The molecule has 3 heterocycles. The van der Waals surface area contributed by atoms with E-state index < -0.39 is 12.2 Å². The van der Waals surface area contributed by atoms with Crippen LogP contribution in [-0.2, 0) is 4.74 Å². The molecule has 2 aliphatic heterocycles. The highest BCUT2D eigenvalue weighted by molar-refractivity contribution is 8.76. The number of benzene rings is 2. The molecule has 2 atom stereocenters. The standard InChI is InChI=1S/C23H20Cl2N4O5S2/c1-33-22(31)28-6-7-29(18-11-36-35-10-17(18)28)23(32)34-19-5-3-13(25)9-15(19)20-26-16-4-2-12(24)8-14(16)21(30)27-20/h2-5,8-9,17-18H,6-7,10-11H2,1H3,(H,26,27,30)/t17-,18-/m1/s1. The Bertz CT molecular complexity index is 1400. The summed E-state index contributed by atoms with van der Waals surface area (Å²) in [5.41, 5.74) is 0.422. The van der Waals surface area contributed by atoms with Crippen LogP contribution >= 0.6 is 44.8 Å². The Labute approximate surface area is 223 Å². The molecular weight excluding hydrogens is 547 g/mol. The van der Waals surface area contributed by atoms with Gasteiger partial charge in [0.25, 0.3) is 5.56 Å². The van der Waals surface area contributed by atoms with Crippen molar-refractivity contribution in [2.24, 2.45) is 0 Å². The molecule has 0 unspecified atom stereocenters. The Morgan fingerprint density at radius 3 is 2.33 bits per heavy atom. The smallest absolute Gasteiger partial charge is 0.415 e. The van der Waals surface area contributed by atoms with Crippen molar-refractivity contribution in [2.75, 3.05) is 31.7 Å². The van der Waals surface area contributed by atoms with Gasteiger partial charge in [0.1, 0.15) is 11.6 Å². The predicted octanol–water partition coefficient (Wildman–Crippen LogP) is 4.91. The van der Waals surface area contributed by atoms with Crippen LogP contribution in [0.25, 0.3) is 22.3 Å². The van der Waals surface area contributed by atoms with Crippen LogP contribution in [-0.4, -0.2) is 75.7 Å². The summed E-state index contributed by atoms with van der Waals surface area (Å²) in [5, 5.41) is 1.15. The largest absolute Gasteiger partial charge is 0.453 e. The molecule has 13 heteroatoms. The number of hydrogen-bond donors (Lipinski definition) is 1. The monoisotopic (exact) mass is 566 g/mol. The van der Waals surface area contributed by atoms with Crippen LogP contribution in [0.5, 0.6) is 5.75 Å². The molecule has 2 fully saturated rings. The first kappa shape index (κ1) is 25.1. The maximum absolute atomic E-state index is 13.4. The van der Waals surface area contributed by atoms with E-state index in [0.29, 0.717) is 51.1 Å². The normalized spacial score (nSPS) is 19.6. The molecule has 2 aliphatic rings. The number of aromatic nitrogens is 2. The molecule has 1 N–H and O–H groups in total. The minimum absolute atomic E-state index is 0.181. The van der Waals surface area contributed by atoms with Crippen molar-refractivity contribution in [1.29, 1.82) is 0 Å². The van der Waals surface area contributed by atoms with E-state index in [1.54, 1.807) is 61.7 Å². The number of nitrogens with zero attached hydrogens (tertiary/aromatic N) is 3. The van der Waals surface area contributed by atoms with Crippen LogP contribution < -0.4 is 10.3 Å². The van der Waals surface area contributed by atoms with E-state index in [2.05, 4.69) is 9.97 Å². The number of amides is 2. The van der Waals surface area contributed by atoms with Gasteiger partial charge in [-0.15, -0.1) is 0 Å². The summed E-state index contributed by atoms with van der Waals surface area (Å²) < 4.78 is 10.8. The van der Waals surface area contributed by atoms with Crippen molar-refractivity contribution in [2.45, 2.75) is 12.1 Å². The van der Waals surface area contributed by atoms with Crippen molar-refractivity contribution < 1.29 is 19.1 Å². The number of carbonyl (C=O) groups is 2. The van der Waals surface area contributed by atoms with Gasteiger partial charge < -0.3 is 24.3 Å². The van der Waals surface area contributed by atoms with Crippen LogP contribution in [0.4, 0.5) is 9.59 Å². The van der Waals surface area contributed by atoms with Gasteiger partial charge in [0.05, 0.1) is 35.7 Å². The van der Waals surface area contributed by atoms with Gasteiger partial charge >= 0.3 is 12.2 Å². The maximum Gasteiger partial charge on any atom is 0.415 e. The molecular formula is C23H20Cl2N4O5S2. The Hall–Kier alpha value is -2.60. The summed E-state index contributed by atoms with van der Waals surface area (Å²) in [5.74, 6) is 1.73. The molecule has 2 saturated heterocycles. The number of H-pyrrole nitrogens is 1. The van der Waals surface area contributed by atoms with Gasteiger partial charge in [-0.3, -0.25) is 4.79 Å². The van der Waals surface area contributed by atoms with E-state index >= 15 is 0 Å². The fraction of sp³-hybridized carbons (Fsp3) is 0.304. The van der Waals surface area contributed by atoms with Gasteiger partial charge in [-0.25, -0.2) is 14.6 Å². The number of fused-ring (bicyclic) bond motifs is 2. The lowest BCUT2D eigenvalue weighted by atomic mass is 10.1. The van der Waals surface area contributed by atoms with E-state index in [1.165, 1.54) is 13.2 Å². The van der Waals surface area contributed by atoms with Gasteiger partial charge in [0.2, 0.25) is 0 Å². The number of rotatable bonds is 2. The van der Waals surface area contributed by atoms with E-state index in [9.17, 15) is 14.4 Å². The zero-order chi connectivity index (χ0) is 25.4. The molecule has 3 aromatic rings. The highest BCUT2D eigenvalue weighted by Gasteiger charge is 2.44. The summed E-state index contributed by atoms with van der Waals surface area (Å²) in [6.45, 7) is 0.638. The molecule has 2 amide bonds. The fourth-order valence-electron chi connectivity index (χ4n) is 4.34. The van der Waals surface area contributed by atoms with E-state index in [0.717, 1.165) is 0 Å². The van der Waals surface area contributed by atoms with Crippen LogP contribution in [0.3, 0.4) is 0 Å². The molecule has 0 spiro atoms. The fourth-order valence-corrected chi connectivity index (χ4v) is 7.37. The lowest BCUT2D eigenvalue weighted by Crippen LogP contribution is -2.65. The first-order valence-electron chi connectivity index (χ1n) is 10.9. The third-order valence-electron chi connectivity index (χ3n) is 6.09. The second-order valence-corrected chi connectivity index (χ2v) is 11.6. The topological polar surface area (TPSA) is 105 Å². The molecule has 2 aromatic carbocycles. The molecule has 9 nitrogen and oxygen atoms in total. The quantitative estimate of drug-likeness (QED) is 0.436. The van der Waals surface area contributed by atoms with Crippen molar-refractivity contribution in [3.05, 3.63) is 56.8 Å². The molecule has 188 valence electrons. The Morgan fingerprint density at radius 2 is 1.64 bits per heavy atom. The Kier molecular flexibility index (Phi) is 7.25. The second-order valence-electron chi connectivity index (χ2n) is 8.15. The van der Waals surface area contributed by atoms with Crippen LogP contribution in [0.2, 0.25) is 10.0 Å². The number of nitrogens with one attached hydrogen (secondary N) is 1. The summed E-state index contributed by atoms with van der Waals surface area (Å²) in [6, 6.07) is 9.16. The van der Waals surface area contributed by atoms with Gasteiger partial charge in [-0.05, 0) is 36.4 Å². The number of hydrogen-bond acceptors (Lipinski definition) is 8. The van der Waals surface area contributed by atoms with Crippen molar-refractivity contribution in [3.8, 4) is 17.1 Å². The average Bonchev–Trinajstić information content (AvgIpc) is 2.88. The molecule has 0 bridgehead atoms. The Balaban J connectivity index is 1.45. The Morgan fingerprint density at radius 1 is 1.00 bits per heavy atom. The molecule has 36 heavy (non-hydrogen) atoms. The van der Waals surface area contributed by atoms with Gasteiger partial charge in [-0.2, -0.15) is 0 Å². The predicted molar refractivity (Wildman–Crippen MR) is 142 cm³/mol. The van der Waals surface area contributed by atoms with Crippen LogP contribution in [0.15, 0.2) is 41.2 Å². The van der Waals surface area contributed by atoms with Crippen LogP contribution in [0, 0.1) is 0 Å². The van der Waals surface area contributed by atoms with Crippen molar-refractivity contribution in [1.82, 2.24) is 19.8 Å². The zero-order valence-electron chi connectivity index (χ0n) is 18.9. The number of ether oxygens (including phenoxy) is 2. The average molecular weight is 567 g/mol. The highest BCUT2D eigenvalue weighted by atomic mass is 35.5. The molecule has 5 rings (SSSR count). The molecule has 0 saturated carbocycles. The minimum atomic E-state index is -0.555. The lowest BCUT2D eigenvalue weighted by Gasteiger charge is -2.47. The summed E-state index contributed by atoms with van der Waals surface area (Å²) >= 11 is 12.3. The van der Waals surface area contributed by atoms with Gasteiger partial charge in [-0.1, -0.05) is 44.8 Å². The first-order chi connectivity index (χ1) is 17.4. The van der Waals surface area contributed by atoms with Gasteiger partial charge in [0.15, 0.2) is 0 Å². The lowest BCUT2D eigenvalue weighted by molar-refractivity contribution is 0.0379. The molecule has 0 aliphatic carbocycles. The summed E-state index contributed by atoms with van der Waals surface area (Å²) in [7, 11) is 4.66. The number of halogens is 2. The number of carbonyl (C=O) groups excluding carboxylic acids is 2. The van der Waals surface area contributed by atoms with Crippen LogP contribution in [0.1, 0.15) is 0 Å².